The van der Waals surface area contributed by atoms with Crippen molar-refractivity contribution in [1.29, 1.82) is 0 Å². The zero-order valence-electron chi connectivity index (χ0n) is 12.7. The van der Waals surface area contributed by atoms with Gasteiger partial charge in [-0.2, -0.15) is 0 Å². The molecular weight excluding hydrogens is 250 g/mol. The second-order valence-corrected chi connectivity index (χ2v) is 6.06. The second kappa shape index (κ2) is 6.78. The third kappa shape index (κ3) is 3.75. The molecule has 0 saturated heterocycles. The van der Waals surface area contributed by atoms with Crippen LogP contribution in [0.2, 0.25) is 0 Å². The molecule has 0 bridgehead atoms. The number of hydrogen-bond acceptors (Lipinski definition) is 3. The molecule has 1 saturated carbocycles. The summed E-state index contributed by atoms with van der Waals surface area (Å²) in [6.45, 7) is 4.14. The lowest BCUT2D eigenvalue weighted by atomic mass is 10.0. The molecule has 1 aromatic carbocycles. The Morgan fingerprint density at radius 2 is 2.05 bits per heavy atom. The number of carbonyl (C=O) groups excluding carboxylic acids is 1. The van der Waals surface area contributed by atoms with Gasteiger partial charge in [-0.15, -0.1) is 0 Å². The summed E-state index contributed by atoms with van der Waals surface area (Å²) in [6, 6.07) is 6.22. The van der Waals surface area contributed by atoms with Gasteiger partial charge in [0.25, 0.3) is 0 Å². The van der Waals surface area contributed by atoms with Crippen molar-refractivity contribution >= 4 is 11.5 Å². The van der Waals surface area contributed by atoms with Gasteiger partial charge >= 0.3 is 0 Å². The molecule has 1 aliphatic carbocycles. The average Bonchev–Trinajstić information content (AvgIpc) is 2.90. The molecule has 0 aromatic heterocycles. The zero-order chi connectivity index (χ0) is 14.5. The number of hydrogen-bond donors (Lipinski definition) is 1. The first-order valence-electron chi connectivity index (χ1n) is 7.58. The zero-order valence-corrected chi connectivity index (χ0v) is 12.7. The van der Waals surface area contributed by atoms with Crippen LogP contribution in [0.1, 0.15) is 56.3 Å². The van der Waals surface area contributed by atoms with Gasteiger partial charge in [0, 0.05) is 18.0 Å². The maximum Gasteiger partial charge on any atom is 0.163 e. The number of Topliss-reactive ketones (excluding diaryl/α,β-unsaturated/α-hetero) is 1. The highest BCUT2D eigenvalue weighted by Gasteiger charge is 2.17. The molecule has 110 valence electrons. The quantitative estimate of drug-likeness (QED) is 0.788. The Kier molecular flexibility index (Phi) is 5.05. The Hall–Kier alpha value is -1.51. The first-order valence-corrected chi connectivity index (χ1v) is 7.58. The van der Waals surface area contributed by atoms with Gasteiger partial charge in [0.05, 0.1) is 12.8 Å². The van der Waals surface area contributed by atoms with E-state index in [4.69, 9.17) is 4.74 Å². The number of nitrogens with one attached hydrogen (secondary N) is 1. The van der Waals surface area contributed by atoms with Crippen LogP contribution in [-0.2, 0) is 0 Å². The molecule has 3 nitrogen and oxygen atoms in total. The van der Waals surface area contributed by atoms with Crippen LogP contribution in [-0.4, -0.2) is 18.9 Å². The van der Waals surface area contributed by atoms with Crippen molar-refractivity contribution in [3.05, 3.63) is 23.8 Å². The lowest BCUT2D eigenvalue weighted by molar-refractivity contribution is 0.0968. The highest BCUT2D eigenvalue weighted by atomic mass is 16.5. The predicted molar refractivity (Wildman–Crippen MR) is 82.7 cm³/mol. The van der Waals surface area contributed by atoms with Gasteiger partial charge in [-0.1, -0.05) is 26.7 Å². The molecule has 0 aliphatic heterocycles. The van der Waals surface area contributed by atoms with Crippen LogP contribution in [0.3, 0.4) is 0 Å². The summed E-state index contributed by atoms with van der Waals surface area (Å²) in [5.41, 5.74) is 1.73. The van der Waals surface area contributed by atoms with Gasteiger partial charge in [-0.05, 0) is 37.0 Å². The predicted octanol–water partition coefficient (Wildman–Crippen LogP) is 4.28. The van der Waals surface area contributed by atoms with Crippen LogP contribution in [0.15, 0.2) is 18.2 Å². The summed E-state index contributed by atoms with van der Waals surface area (Å²) in [4.78, 5) is 12.2. The molecule has 0 unspecified atom stereocenters. The van der Waals surface area contributed by atoms with Crippen LogP contribution in [0.4, 0.5) is 5.69 Å². The van der Waals surface area contributed by atoms with Gasteiger partial charge in [0.15, 0.2) is 5.78 Å². The minimum absolute atomic E-state index is 0.206. The topological polar surface area (TPSA) is 38.3 Å². The Bertz CT molecular complexity index is 462. The van der Waals surface area contributed by atoms with E-state index in [1.54, 1.807) is 7.11 Å². The van der Waals surface area contributed by atoms with Gasteiger partial charge < -0.3 is 10.1 Å². The number of benzene rings is 1. The van der Waals surface area contributed by atoms with E-state index in [0.29, 0.717) is 18.4 Å². The fourth-order valence-electron chi connectivity index (χ4n) is 2.77. The Morgan fingerprint density at radius 1 is 1.35 bits per heavy atom. The van der Waals surface area contributed by atoms with Crippen molar-refractivity contribution in [3.8, 4) is 5.75 Å². The van der Waals surface area contributed by atoms with Crippen LogP contribution < -0.4 is 10.1 Å². The molecule has 1 fully saturated rings. The number of anilines is 1. The van der Waals surface area contributed by atoms with Gasteiger partial charge in [0.1, 0.15) is 5.75 Å². The molecule has 1 aliphatic rings. The van der Waals surface area contributed by atoms with E-state index < -0.39 is 0 Å². The maximum absolute atomic E-state index is 12.2. The number of methoxy groups -OCH3 is 1. The Morgan fingerprint density at radius 3 is 2.65 bits per heavy atom. The van der Waals surface area contributed by atoms with Crippen molar-refractivity contribution in [2.75, 3.05) is 12.4 Å². The summed E-state index contributed by atoms with van der Waals surface area (Å²) in [7, 11) is 1.67. The third-order valence-electron chi connectivity index (χ3n) is 3.83. The standard InChI is InChI=1S/C17H25NO2/c1-12(2)10-16(19)13-8-9-17(20-3)15(11-13)18-14-6-4-5-7-14/h8-9,11-12,14,18H,4-7,10H2,1-3H3. The van der Waals surface area contributed by atoms with E-state index in [-0.39, 0.29) is 5.78 Å². The lowest BCUT2D eigenvalue weighted by Crippen LogP contribution is -2.15. The van der Waals surface area contributed by atoms with Crippen molar-refractivity contribution in [3.63, 3.8) is 0 Å². The van der Waals surface area contributed by atoms with Crippen LogP contribution in [0.25, 0.3) is 0 Å². The molecule has 20 heavy (non-hydrogen) atoms. The molecule has 3 heteroatoms. The highest BCUT2D eigenvalue weighted by Crippen LogP contribution is 2.30. The lowest BCUT2D eigenvalue weighted by Gasteiger charge is -2.17. The molecule has 0 heterocycles. The number of ether oxygens (including phenoxy) is 1. The summed E-state index contributed by atoms with van der Waals surface area (Å²) in [6.07, 6.45) is 5.56. The van der Waals surface area contributed by atoms with Crippen LogP contribution >= 0.6 is 0 Å². The van der Waals surface area contributed by atoms with E-state index >= 15 is 0 Å². The number of carbonyl (C=O) groups is 1. The average molecular weight is 275 g/mol. The summed E-state index contributed by atoms with van der Waals surface area (Å²) in [5, 5.41) is 3.53. The molecular formula is C17H25NO2. The minimum atomic E-state index is 0.206. The van der Waals surface area contributed by atoms with E-state index in [2.05, 4.69) is 19.2 Å². The summed E-state index contributed by atoms with van der Waals surface area (Å²) >= 11 is 0. The van der Waals surface area contributed by atoms with Gasteiger partial charge in [-0.25, -0.2) is 0 Å². The van der Waals surface area contributed by atoms with Crippen molar-refractivity contribution in [1.82, 2.24) is 0 Å². The maximum atomic E-state index is 12.2. The number of ketones is 1. The van der Waals surface area contributed by atoms with Crippen molar-refractivity contribution in [2.24, 2.45) is 5.92 Å². The third-order valence-corrected chi connectivity index (χ3v) is 3.83. The monoisotopic (exact) mass is 275 g/mol. The number of rotatable bonds is 6. The molecule has 0 radical (unpaired) electrons. The largest absolute Gasteiger partial charge is 0.495 e. The van der Waals surface area contributed by atoms with E-state index in [1.807, 2.05) is 18.2 Å². The minimum Gasteiger partial charge on any atom is -0.495 e. The SMILES string of the molecule is COc1ccc(C(=O)CC(C)C)cc1NC1CCCC1. The molecule has 2 rings (SSSR count). The molecule has 0 amide bonds. The summed E-state index contributed by atoms with van der Waals surface area (Å²) in [5.74, 6) is 1.41. The molecule has 0 spiro atoms. The molecule has 0 atom stereocenters. The van der Waals surface area contributed by atoms with E-state index in [1.165, 1.54) is 25.7 Å². The van der Waals surface area contributed by atoms with Crippen molar-refractivity contribution < 1.29 is 9.53 Å². The fourth-order valence-corrected chi connectivity index (χ4v) is 2.77. The fraction of sp³-hybridized carbons (Fsp3) is 0.588. The normalized spacial score (nSPS) is 15.6. The Balaban J connectivity index is 2.16. The van der Waals surface area contributed by atoms with Crippen LogP contribution in [0.5, 0.6) is 5.75 Å². The first kappa shape index (κ1) is 14.9. The van der Waals surface area contributed by atoms with Gasteiger partial charge in [0.2, 0.25) is 0 Å². The molecule has 1 N–H and O–H groups in total. The first-order chi connectivity index (χ1) is 9.60. The van der Waals surface area contributed by atoms with Crippen molar-refractivity contribution in [2.45, 2.75) is 52.0 Å². The van der Waals surface area contributed by atoms with E-state index in [0.717, 1.165) is 17.0 Å². The van der Waals surface area contributed by atoms with E-state index in [9.17, 15) is 4.79 Å². The van der Waals surface area contributed by atoms with Crippen LogP contribution in [0, 0.1) is 5.92 Å². The highest BCUT2D eigenvalue weighted by molar-refractivity contribution is 5.97. The smallest absolute Gasteiger partial charge is 0.163 e. The van der Waals surface area contributed by atoms with Gasteiger partial charge in [-0.3, -0.25) is 4.79 Å². The summed E-state index contributed by atoms with van der Waals surface area (Å²) < 4.78 is 5.40. The molecule has 1 aromatic rings. The Labute approximate surface area is 121 Å². The second-order valence-electron chi connectivity index (χ2n) is 6.06.